The molecular weight excluding hydrogens is 514 g/mol. The van der Waals surface area contributed by atoms with Crippen LogP contribution in [0.25, 0.3) is 11.2 Å². The van der Waals surface area contributed by atoms with Gasteiger partial charge in [0.2, 0.25) is 0 Å². The lowest BCUT2D eigenvalue weighted by molar-refractivity contribution is 0.671. The molecule has 3 heterocycles. The molecule has 5 aromatic rings. The zero-order valence-corrected chi connectivity index (χ0v) is 20.5. The van der Waals surface area contributed by atoms with Gasteiger partial charge in [0.25, 0.3) is 5.56 Å². The van der Waals surface area contributed by atoms with Crippen molar-refractivity contribution in [2.45, 2.75) is 22.8 Å². The van der Waals surface area contributed by atoms with Crippen LogP contribution in [0.4, 0.5) is 11.6 Å². The molecule has 0 radical (unpaired) electrons. The summed E-state index contributed by atoms with van der Waals surface area (Å²) in [6.07, 6.45) is 3.20. The van der Waals surface area contributed by atoms with Crippen LogP contribution in [0.15, 0.2) is 98.3 Å². The van der Waals surface area contributed by atoms with Crippen molar-refractivity contribution in [3.05, 3.63) is 99.9 Å². The Bertz CT molecular complexity index is 1520. The summed E-state index contributed by atoms with van der Waals surface area (Å²) in [6.45, 7) is 1.92. The number of nitrogens with two attached hydrogens (primary N) is 1. The summed E-state index contributed by atoms with van der Waals surface area (Å²) in [5.74, 6) is 1.36. The minimum atomic E-state index is -0.379. The lowest BCUT2D eigenvalue weighted by atomic mass is 10.2. The summed E-state index contributed by atoms with van der Waals surface area (Å²) in [5.41, 5.74) is 6.99. The fourth-order valence-electron chi connectivity index (χ4n) is 3.61. The standard InChI is InChI=1S/C24H20BrN7OS/c1-15(29-22-19(25)21(26)27-14-28-22)23-30-31-13-12-18(34-17-10-6-3-7-11-17)20(31)24(33)32(23)16-8-4-2-5-9-16/h2-15H,1H3,(H3,26,27,28,29)/t15-/m0/s1. The zero-order chi connectivity index (χ0) is 23.7. The second-order valence-corrected chi connectivity index (χ2v) is 9.42. The van der Waals surface area contributed by atoms with Crippen LogP contribution in [-0.4, -0.2) is 24.1 Å². The number of para-hydroxylation sites is 1. The number of hydrogen-bond donors (Lipinski definition) is 2. The molecule has 0 amide bonds. The van der Waals surface area contributed by atoms with Gasteiger partial charge in [0.15, 0.2) is 5.82 Å². The number of halogens is 1. The van der Waals surface area contributed by atoms with Gasteiger partial charge < -0.3 is 11.1 Å². The highest BCUT2D eigenvalue weighted by Crippen LogP contribution is 2.31. The summed E-state index contributed by atoms with van der Waals surface area (Å²) >= 11 is 4.96. The van der Waals surface area contributed by atoms with Gasteiger partial charge in [-0.3, -0.25) is 9.36 Å². The fraction of sp³-hybridized carbons (Fsp3) is 0.0833. The normalized spacial score (nSPS) is 12.1. The predicted molar refractivity (Wildman–Crippen MR) is 138 cm³/mol. The topological polar surface area (TPSA) is 103 Å². The van der Waals surface area contributed by atoms with Gasteiger partial charge in [0, 0.05) is 16.0 Å². The van der Waals surface area contributed by atoms with Crippen molar-refractivity contribution >= 4 is 44.8 Å². The molecule has 5 rings (SSSR count). The average Bonchev–Trinajstić information content (AvgIpc) is 3.26. The van der Waals surface area contributed by atoms with Crippen LogP contribution in [0.3, 0.4) is 0 Å². The van der Waals surface area contributed by atoms with E-state index in [1.54, 1.807) is 9.08 Å². The molecule has 0 aliphatic carbocycles. The second-order valence-electron chi connectivity index (χ2n) is 7.51. The van der Waals surface area contributed by atoms with Crippen LogP contribution in [0, 0.1) is 0 Å². The maximum absolute atomic E-state index is 13.9. The van der Waals surface area contributed by atoms with E-state index in [0.29, 0.717) is 27.4 Å². The first-order chi connectivity index (χ1) is 16.5. The average molecular weight is 534 g/mol. The van der Waals surface area contributed by atoms with Crippen molar-refractivity contribution in [1.82, 2.24) is 24.1 Å². The van der Waals surface area contributed by atoms with Crippen LogP contribution in [-0.2, 0) is 0 Å². The first-order valence-corrected chi connectivity index (χ1v) is 12.1. The lowest BCUT2D eigenvalue weighted by Crippen LogP contribution is -2.29. The second kappa shape index (κ2) is 9.32. The Morgan fingerprint density at radius 1 is 1.03 bits per heavy atom. The van der Waals surface area contributed by atoms with E-state index in [4.69, 9.17) is 10.8 Å². The molecule has 0 fully saturated rings. The lowest BCUT2D eigenvalue weighted by Gasteiger charge is -2.20. The molecule has 0 spiro atoms. The van der Waals surface area contributed by atoms with E-state index in [1.165, 1.54) is 18.1 Å². The minimum absolute atomic E-state index is 0.158. The maximum Gasteiger partial charge on any atom is 0.283 e. The van der Waals surface area contributed by atoms with Gasteiger partial charge in [-0.05, 0) is 53.2 Å². The number of aromatic nitrogens is 5. The van der Waals surface area contributed by atoms with Gasteiger partial charge >= 0.3 is 0 Å². The summed E-state index contributed by atoms with van der Waals surface area (Å²) in [4.78, 5) is 24.0. The van der Waals surface area contributed by atoms with E-state index in [0.717, 1.165) is 15.5 Å². The number of benzene rings is 2. The molecule has 3 aromatic heterocycles. The third-order valence-corrected chi connectivity index (χ3v) is 7.06. The van der Waals surface area contributed by atoms with Crippen molar-refractivity contribution in [3.8, 4) is 5.69 Å². The fourth-order valence-corrected chi connectivity index (χ4v) is 4.89. The minimum Gasteiger partial charge on any atom is -0.383 e. The van der Waals surface area contributed by atoms with Gasteiger partial charge in [0.05, 0.1) is 11.7 Å². The molecule has 0 saturated carbocycles. The summed E-state index contributed by atoms with van der Waals surface area (Å²) < 4.78 is 3.84. The number of fused-ring (bicyclic) bond motifs is 1. The van der Waals surface area contributed by atoms with Gasteiger partial charge in [-0.25, -0.2) is 14.5 Å². The first kappa shape index (κ1) is 22.2. The van der Waals surface area contributed by atoms with Crippen LogP contribution in [0.5, 0.6) is 0 Å². The highest BCUT2D eigenvalue weighted by atomic mass is 79.9. The first-order valence-electron chi connectivity index (χ1n) is 10.5. The molecule has 3 N–H and O–H groups in total. The van der Waals surface area contributed by atoms with Crippen molar-refractivity contribution in [3.63, 3.8) is 0 Å². The Hall–Kier alpha value is -3.63. The smallest absolute Gasteiger partial charge is 0.283 e. The van der Waals surface area contributed by atoms with Crippen molar-refractivity contribution in [2.75, 3.05) is 11.1 Å². The van der Waals surface area contributed by atoms with E-state index >= 15 is 0 Å². The number of nitrogen functional groups attached to an aromatic ring is 1. The Morgan fingerprint density at radius 2 is 1.74 bits per heavy atom. The monoisotopic (exact) mass is 533 g/mol. The Labute approximate surface area is 208 Å². The van der Waals surface area contributed by atoms with Crippen molar-refractivity contribution in [2.24, 2.45) is 0 Å². The third-order valence-electron chi connectivity index (χ3n) is 5.22. The van der Waals surface area contributed by atoms with Gasteiger partial charge in [0.1, 0.15) is 28.0 Å². The summed E-state index contributed by atoms with van der Waals surface area (Å²) in [7, 11) is 0. The Balaban J connectivity index is 1.65. The molecule has 0 saturated heterocycles. The summed E-state index contributed by atoms with van der Waals surface area (Å²) in [5, 5.41) is 8.13. The van der Waals surface area contributed by atoms with Gasteiger partial charge in [-0.1, -0.05) is 48.2 Å². The maximum atomic E-state index is 13.9. The highest BCUT2D eigenvalue weighted by molar-refractivity contribution is 9.10. The van der Waals surface area contributed by atoms with Crippen LogP contribution >= 0.6 is 27.7 Å². The number of anilines is 2. The third kappa shape index (κ3) is 4.17. The van der Waals surface area contributed by atoms with Crippen LogP contribution < -0.4 is 16.6 Å². The molecule has 170 valence electrons. The zero-order valence-electron chi connectivity index (χ0n) is 18.1. The van der Waals surface area contributed by atoms with Crippen molar-refractivity contribution < 1.29 is 0 Å². The van der Waals surface area contributed by atoms with E-state index in [9.17, 15) is 4.79 Å². The van der Waals surface area contributed by atoms with E-state index in [-0.39, 0.29) is 11.6 Å². The van der Waals surface area contributed by atoms with E-state index in [2.05, 4.69) is 31.2 Å². The van der Waals surface area contributed by atoms with Crippen LogP contribution in [0.2, 0.25) is 0 Å². The quantitative estimate of drug-likeness (QED) is 0.318. The number of rotatable bonds is 6. The van der Waals surface area contributed by atoms with Crippen molar-refractivity contribution in [1.29, 1.82) is 0 Å². The molecule has 34 heavy (non-hydrogen) atoms. The highest BCUT2D eigenvalue weighted by Gasteiger charge is 2.22. The van der Waals surface area contributed by atoms with Gasteiger partial charge in [-0.2, -0.15) is 5.10 Å². The molecule has 0 bridgehead atoms. The van der Waals surface area contributed by atoms with E-state index in [1.807, 2.05) is 79.9 Å². The molecule has 1 atom stereocenters. The Morgan fingerprint density at radius 3 is 2.47 bits per heavy atom. The number of nitrogens with one attached hydrogen (secondary N) is 1. The SMILES string of the molecule is C[C@H](Nc1ncnc(N)c1Br)c1nn2ccc(Sc3ccccc3)c2c(=O)n1-c1ccccc1. The predicted octanol–water partition coefficient (Wildman–Crippen LogP) is 4.94. The molecule has 2 aromatic carbocycles. The molecule has 10 heteroatoms. The van der Waals surface area contributed by atoms with Gasteiger partial charge in [-0.15, -0.1) is 0 Å². The molecule has 0 unspecified atom stereocenters. The van der Waals surface area contributed by atoms with Crippen LogP contribution in [0.1, 0.15) is 18.8 Å². The number of hydrogen-bond acceptors (Lipinski definition) is 7. The summed E-state index contributed by atoms with van der Waals surface area (Å²) in [6, 6.07) is 21.0. The number of nitrogens with zero attached hydrogens (tertiary/aromatic N) is 5. The molecule has 0 aliphatic heterocycles. The molecular formula is C24H20BrN7OS. The molecule has 0 aliphatic rings. The van der Waals surface area contributed by atoms with E-state index < -0.39 is 0 Å². The Kier molecular flexibility index (Phi) is 6.08. The molecule has 8 nitrogen and oxygen atoms in total. The largest absolute Gasteiger partial charge is 0.383 e.